The normalized spacial score (nSPS) is 14.3. The molecule has 0 aliphatic carbocycles. The number of halogens is 2. The number of ether oxygens (including phenoxy) is 1. The Balaban J connectivity index is 1.36. The molecule has 2 amide bonds. The van der Waals surface area contributed by atoms with Crippen molar-refractivity contribution in [3.63, 3.8) is 0 Å². The highest BCUT2D eigenvalue weighted by Gasteiger charge is 2.29. The number of nitrogens with zero attached hydrogens (tertiary/aromatic N) is 1. The molecule has 0 atom stereocenters. The first-order chi connectivity index (χ1) is 15.4. The van der Waals surface area contributed by atoms with Crippen LogP contribution in [0.25, 0.3) is 10.4 Å². The number of piperidine rings is 1. The van der Waals surface area contributed by atoms with Crippen molar-refractivity contribution in [2.75, 3.05) is 25.5 Å². The molecule has 0 radical (unpaired) electrons. The van der Waals surface area contributed by atoms with Gasteiger partial charge in [-0.15, -0.1) is 11.3 Å². The number of thiophene rings is 1. The van der Waals surface area contributed by atoms with Crippen LogP contribution in [0.15, 0.2) is 54.6 Å². The molecule has 1 aliphatic heterocycles. The Bertz CT molecular complexity index is 1120. The Morgan fingerprint density at radius 1 is 1.03 bits per heavy atom. The van der Waals surface area contributed by atoms with Gasteiger partial charge in [0.15, 0.2) is 0 Å². The standard InChI is InChI=1S/C24H22Cl2N2O3S/c1-31-20-5-3-2-4-19(20)27-23(29)15-8-10-28(11-9-15)24(30)22-7-6-21(32-22)16-12-17(25)14-18(26)13-16/h2-7,12-15H,8-11H2,1H3,(H,27,29). The second kappa shape index (κ2) is 9.94. The van der Waals surface area contributed by atoms with Crippen molar-refractivity contribution in [2.45, 2.75) is 12.8 Å². The van der Waals surface area contributed by atoms with Crippen molar-refractivity contribution in [2.24, 2.45) is 5.92 Å². The highest BCUT2D eigenvalue weighted by Crippen LogP contribution is 2.33. The molecule has 2 heterocycles. The summed E-state index contributed by atoms with van der Waals surface area (Å²) < 4.78 is 5.30. The van der Waals surface area contributed by atoms with Crippen molar-refractivity contribution in [1.29, 1.82) is 0 Å². The molecule has 1 saturated heterocycles. The van der Waals surface area contributed by atoms with E-state index in [0.717, 1.165) is 10.4 Å². The van der Waals surface area contributed by atoms with E-state index >= 15 is 0 Å². The van der Waals surface area contributed by atoms with Crippen molar-refractivity contribution in [3.05, 3.63) is 69.5 Å². The Hall–Kier alpha value is -2.54. The third kappa shape index (κ3) is 5.09. The lowest BCUT2D eigenvalue weighted by Gasteiger charge is -2.31. The second-order valence-electron chi connectivity index (χ2n) is 7.58. The minimum absolute atomic E-state index is 0.0158. The number of likely N-dealkylation sites (tertiary alicyclic amines) is 1. The summed E-state index contributed by atoms with van der Waals surface area (Å²) in [5, 5.41) is 4.07. The fraction of sp³-hybridized carbons (Fsp3) is 0.250. The van der Waals surface area contributed by atoms with Gasteiger partial charge in [-0.3, -0.25) is 9.59 Å². The molecule has 32 heavy (non-hydrogen) atoms. The third-order valence-electron chi connectivity index (χ3n) is 5.48. The zero-order valence-corrected chi connectivity index (χ0v) is 19.8. The number of carbonyl (C=O) groups excluding carboxylic acids is 2. The maximum Gasteiger partial charge on any atom is 0.263 e. The van der Waals surface area contributed by atoms with E-state index in [1.165, 1.54) is 11.3 Å². The number of para-hydroxylation sites is 2. The van der Waals surface area contributed by atoms with E-state index in [-0.39, 0.29) is 17.7 Å². The molecule has 0 spiro atoms. The molecule has 1 aromatic heterocycles. The SMILES string of the molecule is COc1ccccc1NC(=O)C1CCN(C(=O)c2ccc(-c3cc(Cl)cc(Cl)c3)s2)CC1. The summed E-state index contributed by atoms with van der Waals surface area (Å²) in [5.41, 5.74) is 1.55. The summed E-state index contributed by atoms with van der Waals surface area (Å²) in [6.45, 7) is 1.08. The van der Waals surface area contributed by atoms with Gasteiger partial charge < -0.3 is 15.0 Å². The zero-order valence-electron chi connectivity index (χ0n) is 17.4. The Morgan fingerprint density at radius 2 is 1.72 bits per heavy atom. The van der Waals surface area contributed by atoms with Crippen LogP contribution < -0.4 is 10.1 Å². The maximum atomic E-state index is 13.0. The first-order valence-electron chi connectivity index (χ1n) is 10.2. The number of carbonyl (C=O) groups is 2. The highest BCUT2D eigenvalue weighted by molar-refractivity contribution is 7.17. The molecule has 0 saturated carbocycles. The van der Waals surface area contributed by atoms with Crippen LogP contribution in [0, 0.1) is 5.92 Å². The van der Waals surface area contributed by atoms with E-state index in [4.69, 9.17) is 27.9 Å². The number of anilines is 1. The van der Waals surface area contributed by atoms with E-state index in [2.05, 4.69) is 5.32 Å². The van der Waals surface area contributed by atoms with E-state index in [1.807, 2.05) is 53.4 Å². The van der Waals surface area contributed by atoms with Crippen LogP contribution in [-0.4, -0.2) is 36.9 Å². The number of hydrogen-bond acceptors (Lipinski definition) is 4. The first kappa shape index (κ1) is 22.6. The van der Waals surface area contributed by atoms with Crippen molar-refractivity contribution < 1.29 is 14.3 Å². The van der Waals surface area contributed by atoms with Crippen LogP contribution in [-0.2, 0) is 4.79 Å². The van der Waals surface area contributed by atoms with E-state index in [9.17, 15) is 9.59 Å². The number of benzene rings is 2. The van der Waals surface area contributed by atoms with Crippen LogP contribution in [0.4, 0.5) is 5.69 Å². The monoisotopic (exact) mass is 488 g/mol. The van der Waals surface area contributed by atoms with E-state index < -0.39 is 0 Å². The van der Waals surface area contributed by atoms with Crippen LogP contribution in [0.2, 0.25) is 10.0 Å². The van der Waals surface area contributed by atoms with Crippen LogP contribution in [0.3, 0.4) is 0 Å². The minimum Gasteiger partial charge on any atom is -0.495 e. The van der Waals surface area contributed by atoms with Gasteiger partial charge in [0.25, 0.3) is 5.91 Å². The number of nitrogens with one attached hydrogen (secondary N) is 1. The molecule has 0 bridgehead atoms. The summed E-state index contributed by atoms with van der Waals surface area (Å²) >= 11 is 13.6. The van der Waals surface area contributed by atoms with Gasteiger partial charge in [-0.2, -0.15) is 0 Å². The quantitative estimate of drug-likeness (QED) is 0.463. The van der Waals surface area contributed by atoms with Crippen molar-refractivity contribution in [1.82, 2.24) is 4.90 Å². The smallest absolute Gasteiger partial charge is 0.263 e. The number of hydrogen-bond donors (Lipinski definition) is 1. The Labute approximate surface area is 200 Å². The molecule has 1 N–H and O–H groups in total. The lowest BCUT2D eigenvalue weighted by Crippen LogP contribution is -2.41. The van der Waals surface area contributed by atoms with Crippen LogP contribution in [0.5, 0.6) is 5.75 Å². The molecular weight excluding hydrogens is 467 g/mol. The minimum atomic E-state index is -0.142. The van der Waals surface area contributed by atoms with Crippen LogP contribution >= 0.6 is 34.5 Å². The highest BCUT2D eigenvalue weighted by atomic mass is 35.5. The van der Waals surface area contributed by atoms with Gasteiger partial charge in [0.1, 0.15) is 5.75 Å². The van der Waals surface area contributed by atoms with Gasteiger partial charge in [-0.1, -0.05) is 35.3 Å². The van der Waals surface area contributed by atoms with Gasteiger partial charge in [0.05, 0.1) is 17.7 Å². The molecule has 1 aliphatic rings. The summed E-state index contributed by atoms with van der Waals surface area (Å²) in [6.07, 6.45) is 1.24. The van der Waals surface area contributed by atoms with Gasteiger partial charge >= 0.3 is 0 Å². The summed E-state index contributed by atoms with van der Waals surface area (Å²) in [6, 6.07) is 16.4. The average molecular weight is 489 g/mol. The molecule has 3 aromatic rings. The van der Waals surface area contributed by atoms with Crippen molar-refractivity contribution >= 4 is 52.0 Å². The largest absolute Gasteiger partial charge is 0.495 e. The first-order valence-corrected chi connectivity index (χ1v) is 11.8. The van der Waals surface area contributed by atoms with Gasteiger partial charge in [0, 0.05) is 33.9 Å². The van der Waals surface area contributed by atoms with Gasteiger partial charge in [-0.05, 0) is 60.9 Å². The van der Waals surface area contributed by atoms with Crippen LogP contribution in [0.1, 0.15) is 22.5 Å². The summed E-state index contributed by atoms with van der Waals surface area (Å²) in [4.78, 5) is 29.1. The van der Waals surface area contributed by atoms with E-state index in [1.54, 1.807) is 13.2 Å². The molecule has 1 fully saturated rings. The topological polar surface area (TPSA) is 58.6 Å². The molecule has 0 unspecified atom stereocenters. The maximum absolute atomic E-state index is 13.0. The lowest BCUT2D eigenvalue weighted by atomic mass is 9.95. The molecule has 166 valence electrons. The summed E-state index contributed by atoms with van der Waals surface area (Å²) in [7, 11) is 1.58. The number of methoxy groups -OCH3 is 1. The van der Waals surface area contributed by atoms with Gasteiger partial charge in [-0.25, -0.2) is 0 Å². The average Bonchev–Trinajstić information content (AvgIpc) is 3.29. The fourth-order valence-electron chi connectivity index (χ4n) is 3.79. The molecule has 2 aromatic carbocycles. The molecule has 5 nitrogen and oxygen atoms in total. The molecule has 8 heteroatoms. The zero-order chi connectivity index (χ0) is 22.7. The lowest BCUT2D eigenvalue weighted by molar-refractivity contribution is -0.121. The Kier molecular flexibility index (Phi) is 7.04. The number of rotatable bonds is 5. The van der Waals surface area contributed by atoms with Gasteiger partial charge in [0.2, 0.25) is 5.91 Å². The summed E-state index contributed by atoms with van der Waals surface area (Å²) in [5.74, 6) is 0.426. The Morgan fingerprint density at radius 3 is 2.41 bits per heavy atom. The predicted molar refractivity (Wildman–Crippen MR) is 130 cm³/mol. The molecule has 4 rings (SSSR count). The van der Waals surface area contributed by atoms with Crippen molar-refractivity contribution in [3.8, 4) is 16.2 Å². The fourth-order valence-corrected chi connectivity index (χ4v) is 5.27. The third-order valence-corrected chi connectivity index (χ3v) is 7.04. The molecular formula is C24H22Cl2N2O3S. The van der Waals surface area contributed by atoms with E-state index in [0.29, 0.717) is 52.3 Å². The predicted octanol–water partition coefficient (Wildman–Crippen LogP) is 6.22. The number of amides is 2. The second-order valence-corrected chi connectivity index (χ2v) is 9.53.